The Morgan fingerprint density at radius 3 is 1.39 bits per heavy atom. The van der Waals surface area contributed by atoms with Gasteiger partial charge in [0.15, 0.2) is 0 Å². The largest absolute Gasteiger partial charge is 0.465 e. The van der Waals surface area contributed by atoms with Crippen LogP contribution in [0.5, 0.6) is 0 Å². The zero-order valence-corrected chi connectivity index (χ0v) is 45.0. The van der Waals surface area contributed by atoms with Crippen LogP contribution in [0.4, 0.5) is 0 Å². The van der Waals surface area contributed by atoms with Crippen LogP contribution in [0.3, 0.4) is 0 Å². The van der Waals surface area contributed by atoms with Crippen molar-refractivity contribution in [2.75, 3.05) is 27.2 Å². The molecule has 3 aliphatic carbocycles. The van der Waals surface area contributed by atoms with E-state index in [1.807, 2.05) is 14.1 Å². The summed E-state index contributed by atoms with van der Waals surface area (Å²) in [7, 11) is 4.08. The molecule has 3 aliphatic rings. The molecule has 0 spiro atoms. The Morgan fingerprint density at radius 2 is 0.955 bits per heavy atom. The molecule has 8 unspecified atom stereocenters. The number of hydrogen-bond acceptors (Lipinski definition) is 5. The van der Waals surface area contributed by atoms with Gasteiger partial charge in [0, 0.05) is 18.8 Å². The first-order chi connectivity index (χ1) is 32.3. The van der Waals surface area contributed by atoms with Crippen LogP contribution in [0.15, 0.2) is 12.2 Å². The highest BCUT2D eigenvalue weighted by Crippen LogP contribution is 2.47. The van der Waals surface area contributed by atoms with Gasteiger partial charge in [-0.2, -0.15) is 0 Å². The van der Waals surface area contributed by atoms with Crippen LogP contribution in [-0.2, 0) is 19.1 Å². The molecular weight excluding hydrogens is 811 g/mol. The van der Waals surface area contributed by atoms with Crippen molar-refractivity contribution in [2.45, 2.75) is 297 Å². The minimum absolute atomic E-state index is 0.0395. The van der Waals surface area contributed by atoms with Crippen LogP contribution >= 0.6 is 0 Å². The van der Waals surface area contributed by atoms with Crippen molar-refractivity contribution in [3.8, 4) is 0 Å². The number of esters is 2. The molecule has 386 valence electrons. The molecule has 3 fully saturated rings. The Labute approximate surface area is 411 Å². The van der Waals surface area contributed by atoms with E-state index in [0.29, 0.717) is 25.4 Å². The number of ether oxygens (including phenoxy) is 2. The maximum Gasteiger partial charge on any atom is 0.306 e. The molecule has 5 heteroatoms. The average Bonchev–Trinajstić information content (AvgIpc) is 4.21. The Balaban J connectivity index is 1.31. The van der Waals surface area contributed by atoms with Crippen LogP contribution in [0.1, 0.15) is 290 Å². The van der Waals surface area contributed by atoms with Gasteiger partial charge in [0.2, 0.25) is 0 Å². The van der Waals surface area contributed by atoms with Crippen molar-refractivity contribution >= 4 is 11.9 Å². The molecule has 5 nitrogen and oxygen atoms in total. The van der Waals surface area contributed by atoms with Gasteiger partial charge < -0.3 is 14.4 Å². The van der Waals surface area contributed by atoms with Gasteiger partial charge in [-0.1, -0.05) is 232 Å². The number of hydrogen-bond donors (Lipinski definition) is 0. The van der Waals surface area contributed by atoms with E-state index in [0.717, 1.165) is 62.3 Å². The zero-order valence-electron chi connectivity index (χ0n) is 45.0. The number of carbonyl (C=O) groups excluding carboxylic acids is 2. The van der Waals surface area contributed by atoms with E-state index < -0.39 is 0 Å². The van der Waals surface area contributed by atoms with E-state index >= 15 is 0 Å². The van der Waals surface area contributed by atoms with Crippen molar-refractivity contribution in [2.24, 2.45) is 41.4 Å². The molecular formula is C61H113NO4. The van der Waals surface area contributed by atoms with Crippen molar-refractivity contribution in [1.29, 1.82) is 0 Å². The standard InChI is InChI=1S/C61H113NO4/c1-6-9-12-14-25-32-39-53-48-55(53)41-34-27-21-17-16-19-23-30-37-52(38-31-24-20-18-22-28-35-42-56-49-54(56)40-33-26-15-13-10-7-2)51-65-61(64)50-57-45-46-59(58(57)43-29-11-8-3)66-60(63)44-36-47-62(4)5/h11,29,52-59H,6-10,12-28,30-51H2,1-5H3/b29-11-. The van der Waals surface area contributed by atoms with Gasteiger partial charge in [-0.25, -0.2) is 0 Å². The normalized spacial score (nSPS) is 23.0. The molecule has 0 amide bonds. The molecule has 0 aromatic carbocycles. The highest BCUT2D eigenvalue weighted by atomic mass is 16.5. The van der Waals surface area contributed by atoms with Crippen LogP contribution in [0.2, 0.25) is 0 Å². The lowest BCUT2D eigenvalue weighted by atomic mass is 9.88. The third-order valence-electron chi connectivity index (χ3n) is 16.5. The lowest BCUT2D eigenvalue weighted by molar-refractivity contribution is -0.151. The zero-order chi connectivity index (χ0) is 47.3. The minimum Gasteiger partial charge on any atom is -0.465 e. The van der Waals surface area contributed by atoms with Gasteiger partial charge in [0.25, 0.3) is 0 Å². The fraction of sp³-hybridized carbons (Fsp3) is 0.934. The summed E-state index contributed by atoms with van der Waals surface area (Å²) in [5.41, 5.74) is 0. The monoisotopic (exact) mass is 924 g/mol. The van der Waals surface area contributed by atoms with E-state index in [1.165, 1.54) is 225 Å². The molecule has 0 aromatic heterocycles. The van der Waals surface area contributed by atoms with Crippen LogP contribution in [-0.4, -0.2) is 50.2 Å². The van der Waals surface area contributed by atoms with Gasteiger partial charge in [0.1, 0.15) is 6.10 Å². The summed E-state index contributed by atoms with van der Waals surface area (Å²) in [6.07, 6.45) is 59.1. The molecule has 0 radical (unpaired) electrons. The highest BCUT2D eigenvalue weighted by Gasteiger charge is 2.39. The number of carbonyl (C=O) groups is 2. The Bertz CT molecular complexity index is 1180. The molecule has 0 aliphatic heterocycles. The second-order valence-corrected chi connectivity index (χ2v) is 22.9. The lowest BCUT2D eigenvalue weighted by Gasteiger charge is -2.24. The maximum absolute atomic E-state index is 13.5. The molecule has 3 saturated carbocycles. The molecule has 0 saturated heterocycles. The molecule has 8 atom stereocenters. The van der Waals surface area contributed by atoms with E-state index in [4.69, 9.17) is 9.47 Å². The third-order valence-corrected chi connectivity index (χ3v) is 16.5. The van der Waals surface area contributed by atoms with Crippen molar-refractivity contribution < 1.29 is 19.1 Å². The van der Waals surface area contributed by atoms with Crippen molar-refractivity contribution in [3.63, 3.8) is 0 Å². The number of allylic oxidation sites excluding steroid dienone is 2. The molecule has 66 heavy (non-hydrogen) atoms. The molecule has 0 heterocycles. The first kappa shape index (κ1) is 59.0. The second-order valence-electron chi connectivity index (χ2n) is 22.9. The average molecular weight is 925 g/mol. The van der Waals surface area contributed by atoms with Crippen molar-refractivity contribution in [1.82, 2.24) is 4.90 Å². The minimum atomic E-state index is -0.0933. The van der Waals surface area contributed by atoms with Gasteiger partial charge in [-0.15, -0.1) is 0 Å². The van der Waals surface area contributed by atoms with Crippen molar-refractivity contribution in [3.05, 3.63) is 12.2 Å². The number of nitrogens with zero attached hydrogens (tertiary/aromatic N) is 1. The quantitative estimate of drug-likeness (QED) is 0.0346. The second kappa shape index (κ2) is 39.4. The van der Waals surface area contributed by atoms with E-state index in [9.17, 15) is 9.59 Å². The lowest BCUT2D eigenvalue weighted by Crippen LogP contribution is -2.27. The number of unbranched alkanes of at least 4 members (excludes halogenated alkanes) is 23. The van der Waals surface area contributed by atoms with Crippen LogP contribution < -0.4 is 0 Å². The summed E-state index contributed by atoms with van der Waals surface area (Å²) >= 11 is 0. The summed E-state index contributed by atoms with van der Waals surface area (Å²) in [6.45, 7) is 8.25. The smallest absolute Gasteiger partial charge is 0.306 e. The summed E-state index contributed by atoms with van der Waals surface area (Å²) in [4.78, 5) is 28.4. The Kier molecular flexibility index (Phi) is 35.2. The fourth-order valence-corrected chi connectivity index (χ4v) is 11.9. The SMILES string of the molecule is CC/C=C\CC1C(CC(=O)OCC(CCCCCCCCCCC2CC2CCCCCCCC)CCCCCCCCCC2CC2CCCCCCCC)CCC1OC(=O)CCCN(C)C. The third kappa shape index (κ3) is 30.3. The highest BCUT2D eigenvalue weighted by molar-refractivity contribution is 5.70. The molecule has 0 aromatic rings. The van der Waals surface area contributed by atoms with Gasteiger partial charge >= 0.3 is 11.9 Å². The Morgan fingerprint density at radius 1 is 0.515 bits per heavy atom. The summed E-state index contributed by atoms with van der Waals surface area (Å²) in [6, 6.07) is 0. The summed E-state index contributed by atoms with van der Waals surface area (Å²) in [5, 5.41) is 0. The summed E-state index contributed by atoms with van der Waals surface area (Å²) in [5.74, 6) is 5.04. The molecule has 3 rings (SSSR count). The first-order valence-electron chi connectivity index (χ1n) is 30.0. The van der Waals surface area contributed by atoms with E-state index in [1.54, 1.807) is 0 Å². The van der Waals surface area contributed by atoms with Gasteiger partial charge in [-0.3, -0.25) is 9.59 Å². The number of rotatable bonds is 47. The Hall–Kier alpha value is -1.36. The van der Waals surface area contributed by atoms with E-state index in [-0.39, 0.29) is 29.9 Å². The van der Waals surface area contributed by atoms with Crippen LogP contribution in [0.25, 0.3) is 0 Å². The molecule has 0 N–H and O–H groups in total. The first-order valence-corrected chi connectivity index (χ1v) is 30.0. The topological polar surface area (TPSA) is 55.8 Å². The van der Waals surface area contributed by atoms with Gasteiger partial charge in [0.05, 0.1) is 6.61 Å². The predicted octanol–water partition coefficient (Wildman–Crippen LogP) is 18.4. The summed E-state index contributed by atoms with van der Waals surface area (Å²) < 4.78 is 12.2. The maximum atomic E-state index is 13.5. The predicted molar refractivity (Wildman–Crippen MR) is 284 cm³/mol. The molecule has 0 bridgehead atoms. The van der Waals surface area contributed by atoms with Gasteiger partial charge in [-0.05, 0) is 114 Å². The van der Waals surface area contributed by atoms with Crippen LogP contribution in [0, 0.1) is 41.4 Å². The fourth-order valence-electron chi connectivity index (χ4n) is 11.9. The van der Waals surface area contributed by atoms with E-state index in [2.05, 4.69) is 37.8 Å².